The van der Waals surface area contributed by atoms with Crippen molar-refractivity contribution in [2.75, 3.05) is 11.9 Å². The third-order valence-electron chi connectivity index (χ3n) is 3.22. The maximum absolute atomic E-state index is 3.96. The fourth-order valence-corrected chi connectivity index (χ4v) is 2.09. The smallest absolute Gasteiger partial charge is 0.0507 e. The van der Waals surface area contributed by atoms with E-state index >= 15 is 0 Å². The summed E-state index contributed by atoms with van der Waals surface area (Å²) in [5, 5.41) is 0. The van der Waals surface area contributed by atoms with Gasteiger partial charge in [-0.25, -0.2) is 0 Å². The second-order valence-corrected chi connectivity index (χ2v) is 4.44. The number of benzene rings is 2. The maximum Gasteiger partial charge on any atom is 0.0507 e. The Labute approximate surface area is 109 Å². The van der Waals surface area contributed by atoms with Gasteiger partial charge < -0.3 is 4.90 Å². The van der Waals surface area contributed by atoms with Gasteiger partial charge in [-0.15, -0.1) is 6.58 Å². The zero-order valence-electron chi connectivity index (χ0n) is 10.8. The Bertz CT molecular complexity index is 475. The third kappa shape index (κ3) is 3.01. The molecule has 0 saturated carbocycles. The van der Waals surface area contributed by atoms with Crippen molar-refractivity contribution < 1.29 is 0 Å². The second-order valence-electron chi connectivity index (χ2n) is 4.44. The summed E-state index contributed by atoms with van der Waals surface area (Å²) in [6.45, 7) is 3.96. The Morgan fingerprint density at radius 1 is 1.00 bits per heavy atom. The predicted octanol–water partition coefficient (Wildman–Crippen LogP) is 3.92. The predicted molar refractivity (Wildman–Crippen MR) is 79.0 cm³/mol. The lowest BCUT2D eigenvalue weighted by molar-refractivity contribution is 0.744. The van der Waals surface area contributed by atoms with Crippen LogP contribution in [0.5, 0.6) is 0 Å². The summed E-state index contributed by atoms with van der Waals surface area (Å²) in [6.07, 6.45) is 3.00. The summed E-state index contributed by atoms with van der Waals surface area (Å²) in [5.41, 5.74) is 2.56. The fourth-order valence-electron chi connectivity index (χ4n) is 2.09. The molecule has 2 aromatic rings. The number of hydrogen-bond acceptors (Lipinski definition) is 1. The molecule has 0 aliphatic rings. The summed E-state index contributed by atoms with van der Waals surface area (Å²) in [6, 6.07) is 21.3. The van der Waals surface area contributed by atoms with Crippen LogP contribution in [0.25, 0.3) is 0 Å². The Hall–Kier alpha value is -2.02. The van der Waals surface area contributed by atoms with E-state index in [-0.39, 0.29) is 0 Å². The molecule has 0 aliphatic heterocycles. The van der Waals surface area contributed by atoms with Gasteiger partial charge in [0.15, 0.2) is 0 Å². The molecule has 0 heterocycles. The first kappa shape index (κ1) is 12.4. The number of likely N-dealkylation sites (N-methyl/N-ethyl adjacent to an activating group) is 1. The van der Waals surface area contributed by atoms with E-state index in [0.29, 0.717) is 6.04 Å². The molecule has 1 unspecified atom stereocenters. The molecule has 0 saturated heterocycles. The van der Waals surface area contributed by atoms with Gasteiger partial charge in [-0.1, -0.05) is 54.6 Å². The second kappa shape index (κ2) is 6.06. The summed E-state index contributed by atoms with van der Waals surface area (Å²) in [4.78, 5) is 2.26. The summed E-state index contributed by atoms with van der Waals surface area (Å²) >= 11 is 0. The van der Waals surface area contributed by atoms with Crippen molar-refractivity contribution in [3.63, 3.8) is 0 Å². The molecule has 18 heavy (non-hydrogen) atoms. The number of hydrogen-bond donors (Lipinski definition) is 0. The zero-order chi connectivity index (χ0) is 12.8. The van der Waals surface area contributed by atoms with Crippen LogP contribution < -0.4 is 4.90 Å². The third-order valence-corrected chi connectivity index (χ3v) is 3.22. The largest absolute Gasteiger partial charge is 0.368 e. The topological polar surface area (TPSA) is 3.24 Å². The highest BCUT2D eigenvalue weighted by Gasteiger charge is 2.11. The number of rotatable bonds is 5. The fraction of sp³-hybridized carbons (Fsp3) is 0.176. The van der Waals surface area contributed by atoms with Gasteiger partial charge in [-0.2, -0.15) is 0 Å². The summed E-state index contributed by atoms with van der Waals surface area (Å²) < 4.78 is 0. The zero-order valence-corrected chi connectivity index (χ0v) is 10.8. The molecule has 0 bridgehead atoms. The van der Waals surface area contributed by atoms with E-state index in [2.05, 4.69) is 67.1 Å². The molecule has 0 spiro atoms. The van der Waals surface area contributed by atoms with Gasteiger partial charge in [0.25, 0.3) is 0 Å². The average molecular weight is 237 g/mol. The van der Waals surface area contributed by atoms with Crippen molar-refractivity contribution in [3.8, 4) is 0 Å². The molecule has 0 aromatic heterocycles. The molecule has 0 fully saturated rings. The van der Waals surface area contributed by atoms with E-state index < -0.39 is 0 Å². The monoisotopic (exact) mass is 237 g/mol. The SMILES string of the molecule is C=CC(Cc1ccccc1)N(C)c1ccccc1. The van der Waals surface area contributed by atoms with Crippen LogP contribution in [-0.2, 0) is 6.42 Å². The van der Waals surface area contributed by atoms with Gasteiger partial charge in [0.05, 0.1) is 6.04 Å². The van der Waals surface area contributed by atoms with Crippen molar-refractivity contribution >= 4 is 5.69 Å². The highest BCUT2D eigenvalue weighted by atomic mass is 15.1. The molecule has 92 valence electrons. The van der Waals surface area contributed by atoms with E-state index in [4.69, 9.17) is 0 Å². The van der Waals surface area contributed by atoms with Gasteiger partial charge in [0.1, 0.15) is 0 Å². The van der Waals surface area contributed by atoms with Crippen molar-refractivity contribution in [3.05, 3.63) is 78.9 Å². The van der Waals surface area contributed by atoms with Crippen LogP contribution in [0.2, 0.25) is 0 Å². The van der Waals surface area contributed by atoms with Crippen LogP contribution in [-0.4, -0.2) is 13.1 Å². The van der Waals surface area contributed by atoms with E-state index in [1.165, 1.54) is 11.3 Å². The number of para-hydroxylation sites is 1. The van der Waals surface area contributed by atoms with Gasteiger partial charge in [0.2, 0.25) is 0 Å². The molecule has 0 amide bonds. The van der Waals surface area contributed by atoms with Crippen LogP contribution in [0.15, 0.2) is 73.3 Å². The molecule has 2 rings (SSSR count). The molecule has 2 aromatic carbocycles. The van der Waals surface area contributed by atoms with Crippen LogP contribution in [0.1, 0.15) is 5.56 Å². The highest BCUT2D eigenvalue weighted by molar-refractivity contribution is 5.47. The van der Waals surface area contributed by atoms with E-state index in [1.807, 2.05) is 18.2 Å². The van der Waals surface area contributed by atoms with E-state index in [9.17, 15) is 0 Å². The van der Waals surface area contributed by atoms with Crippen LogP contribution in [0.3, 0.4) is 0 Å². The normalized spacial score (nSPS) is 11.8. The molecule has 1 heteroatoms. The standard InChI is InChI=1S/C17H19N/c1-3-16(14-15-10-6-4-7-11-15)18(2)17-12-8-5-9-13-17/h3-13,16H,1,14H2,2H3. The first-order chi connectivity index (χ1) is 8.81. The minimum atomic E-state index is 0.315. The highest BCUT2D eigenvalue weighted by Crippen LogP contribution is 2.17. The average Bonchev–Trinajstić information content (AvgIpc) is 2.46. The molecular formula is C17H19N. The van der Waals surface area contributed by atoms with Gasteiger partial charge in [-0.3, -0.25) is 0 Å². The van der Waals surface area contributed by atoms with Gasteiger partial charge in [0, 0.05) is 12.7 Å². The van der Waals surface area contributed by atoms with E-state index in [1.54, 1.807) is 0 Å². The lowest BCUT2D eigenvalue weighted by Crippen LogP contribution is -2.31. The minimum Gasteiger partial charge on any atom is -0.368 e. The molecule has 1 atom stereocenters. The molecular weight excluding hydrogens is 218 g/mol. The van der Waals surface area contributed by atoms with Crippen molar-refractivity contribution in [1.29, 1.82) is 0 Å². The maximum atomic E-state index is 3.96. The lowest BCUT2D eigenvalue weighted by atomic mass is 10.0. The molecule has 0 radical (unpaired) electrons. The lowest BCUT2D eigenvalue weighted by Gasteiger charge is -2.27. The quantitative estimate of drug-likeness (QED) is 0.712. The Morgan fingerprint density at radius 2 is 1.56 bits per heavy atom. The number of anilines is 1. The van der Waals surface area contributed by atoms with Crippen molar-refractivity contribution in [1.82, 2.24) is 0 Å². The molecule has 1 nitrogen and oxygen atoms in total. The first-order valence-electron chi connectivity index (χ1n) is 6.25. The summed E-state index contributed by atoms with van der Waals surface area (Å²) in [5.74, 6) is 0. The van der Waals surface area contributed by atoms with Crippen molar-refractivity contribution in [2.45, 2.75) is 12.5 Å². The first-order valence-corrected chi connectivity index (χ1v) is 6.25. The van der Waals surface area contributed by atoms with Crippen LogP contribution in [0.4, 0.5) is 5.69 Å². The van der Waals surface area contributed by atoms with Gasteiger partial charge in [-0.05, 0) is 24.1 Å². The summed E-state index contributed by atoms with van der Waals surface area (Å²) in [7, 11) is 2.12. The molecule has 0 aliphatic carbocycles. The van der Waals surface area contributed by atoms with Crippen LogP contribution in [0, 0.1) is 0 Å². The van der Waals surface area contributed by atoms with Crippen molar-refractivity contribution in [2.24, 2.45) is 0 Å². The number of nitrogens with zero attached hydrogens (tertiary/aromatic N) is 1. The Kier molecular flexibility index (Phi) is 4.19. The van der Waals surface area contributed by atoms with Gasteiger partial charge >= 0.3 is 0 Å². The molecule has 0 N–H and O–H groups in total. The minimum absolute atomic E-state index is 0.315. The van der Waals surface area contributed by atoms with E-state index in [0.717, 1.165) is 6.42 Å². The Balaban J connectivity index is 2.12. The Morgan fingerprint density at radius 3 is 2.11 bits per heavy atom. The van der Waals surface area contributed by atoms with Crippen LogP contribution >= 0.6 is 0 Å².